The molecule has 6 nitrogen and oxygen atoms in total. The lowest BCUT2D eigenvalue weighted by Gasteiger charge is -2.31. The van der Waals surface area contributed by atoms with Crippen LogP contribution in [0.4, 0.5) is 5.95 Å². The summed E-state index contributed by atoms with van der Waals surface area (Å²) < 4.78 is 5.82. The highest BCUT2D eigenvalue weighted by Gasteiger charge is 2.26. The molecule has 1 aliphatic rings. The number of aromatic nitrogens is 2. The van der Waals surface area contributed by atoms with Gasteiger partial charge in [-0.05, 0) is 42.2 Å². The molecule has 1 aromatic heterocycles. The summed E-state index contributed by atoms with van der Waals surface area (Å²) in [6.45, 7) is 2.59. The Morgan fingerprint density at radius 1 is 1.00 bits per heavy atom. The van der Waals surface area contributed by atoms with Crippen LogP contribution in [0.2, 0.25) is 0 Å². The van der Waals surface area contributed by atoms with E-state index in [4.69, 9.17) is 4.74 Å². The molecule has 1 N–H and O–H groups in total. The van der Waals surface area contributed by atoms with Gasteiger partial charge in [-0.3, -0.25) is 4.79 Å². The lowest BCUT2D eigenvalue weighted by atomic mass is 9.97. The van der Waals surface area contributed by atoms with Crippen molar-refractivity contribution in [2.75, 3.05) is 18.0 Å². The summed E-state index contributed by atoms with van der Waals surface area (Å²) in [7, 11) is 0. The molecule has 1 fully saturated rings. The van der Waals surface area contributed by atoms with Crippen molar-refractivity contribution in [1.29, 1.82) is 0 Å². The average Bonchev–Trinajstić information content (AvgIpc) is 2.83. The van der Waals surface area contributed by atoms with Crippen LogP contribution in [0, 0.1) is 5.92 Å². The third-order valence-electron chi connectivity index (χ3n) is 5.27. The van der Waals surface area contributed by atoms with Gasteiger partial charge >= 0.3 is 0 Å². The minimum absolute atomic E-state index is 0.0453. The first-order chi connectivity index (χ1) is 14.8. The van der Waals surface area contributed by atoms with Crippen molar-refractivity contribution in [1.82, 2.24) is 15.3 Å². The quantitative estimate of drug-likeness (QED) is 0.654. The van der Waals surface area contributed by atoms with Gasteiger partial charge in [0.1, 0.15) is 12.4 Å². The summed E-state index contributed by atoms with van der Waals surface area (Å²) in [4.78, 5) is 23.4. The van der Waals surface area contributed by atoms with Gasteiger partial charge in [0.25, 0.3) is 0 Å². The Balaban J connectivity index is 1.25. The predicted molar refractivity (Wildman–Crippen MR) is 116 cm³/mol. The number of carbonyl (C=O) groups is 1. The Morgan fingerprint density at radius 3 is 2.53 bits per heavy atom. The van der Waals surface area contributed by atoms with Crippen LogP contribution >= 0.6 is 0 Å². The van der Waals surface area contributed by atoms with Crippen molar-refractivity contribution in [3.8, 4) is 5.75 Å². The van der Waals surface area contributed by atoms with E-state index < -0.39 is 0 Å². The largest absolute Gasteiger partial charge is 0.489 e. The van der Waals surface area contributed by atoms with E-state index in [0.717, 1.165) is 36.3 Å². The summed E-state index contributed by atoms with van der Waals surface area (Å²) in [6.07, 6.45) is 5.32. The maximum Gasteiger partial charge on any atom is 0.225 e. The van der Waals surface area contributed by atoms with Gasteiger partial charge in [-0.2, -0.15) is 0 Å². The lowest BCUT2D eigenvalue weighted by molar-refractivity contribution is -0.125. The minimum Gasteiger partial charge on any atom is -0.489 e. The number of hydrogen-bond donors (Lipinski definition) is 1. The second-order valence-corrected chi connectivity index (χ2v) is 7.47. The highest BCUT2D eigenvalue weighted by Crippen LogP contribution is 2.20. The molecule has 1 unspecified atom stereocenters. The smallest absolute Gasteiger partial charge is 0.225 e. The van der Waals surface area contributed by atoms with Gasteiger partial charge < -0.3 is 15.0 Å². The molecule has 4 rings (SSSR count). The molecular weight excluding hydrogens is 376 g/mol. The third-order valence-corrected chi connectivity index (χ3v) is 5.27. The molecule has 30 heavy (non-hydrogen) atoms. The number of rotatable bonds is 7. The van der Waals surface area contributed by atoms with E-state index in [0.29, 0.717) is 25.6 Å². The monoisotopic (exact) mass is 402 g/mol. The second-order valence-electron chi connectivity index (χ2n) is 7.47. The number of ether oxygens (including phenoxy) is 1. The van der Waals surface area contributed by atoms with Gasteiger partial charge in [0.05, 0.1) is 5.92 Å². The van der Waals surface area contributed by atoms with Crippen LogP contribution in [0.5, 0.6) is 5.75 Å². The average molecular weight is 402 g/mol. The summed E-state index contributed by atoms with van der Waals surface area (Å²) in [6, 6.07) is 19.8. The van der Waals surface area contributed by atoms with E-state index >= 15 is 0 Å². The fourth-order valence-corrected chi connectivity index (χ4v) is 3.61. The van der Waals surface area contributed by atoms with E-state index in [-0.39, 0.29) is 11.8 Å². The zero-order chi connectivity index (χ0) is 20.6. The maximum atomic E-state index is 12.7. The molecule has 0 bridgehead atoms. The van der Waals surface area contributed by atoms with E-state index in [1.165, 1.54) is 0 Å². The van der Waals surface area contributed by atoms with Crippen molar-refractivity contribution in [2.45, 2.75) is 26.0 Å². The van der Waals surface area contributed by atoms with Gasteiger partial charge in [0.2, 0.25) is 11.9 Å². The Kier molecular flexibility index (Phi) is 6.54. The highest BCUT2D eigenvalue weighted by molar-refractivity contribution is 5.79. The van der Waals surface area contributed by atoms with Crippen molar-refractivity contribution in [3.05, 3.63) is 84.2 Å². The first-order valence-electron chi connectivity index (χ1n) is 10.3. The van der Waals surface area contributed by atoms with Crippen LogP contribution in [-0.4, -0.2) is 29.0 Å². The van der Waals surface area contributed by atoms with E-state index in [9.17, 15) is 4.79 Å². The molecule has 0 spiro atoms. The first kappa shape index (κ1) is 19.9. The van der Waals surface area contributed by atoms with E-state index in [1.807, 2.05) is 54.6 Å². The SMILES string of the molecule is O=C(NCc1ccc(OCc2ccccc2)cc1)C1CCCN(c2ncccn2)C1. The van der Waals surface area contributed by atoms with Crippen LogP contribution in [0.3, 0.4) is 0 Å². The molecule has 1 saturated heterocycles. The molecular formula is C24H26N4O2. The van der Waals surface area contributed by atoms with Gasteiger partial charge in [-0.1, -0.05) is 42.5 Å². The summed E-state index contributed by atoms with van der Waals surface area (Å²) in [5.41, 5.74) is 2.19. The Hall–Kier alpha value is -3.41. The Morgan fingerprint density at radius 2 is 1.77 bits per heavy atom. The first-order valence-corrected chi connectivity index (χ1v) is 10.3. The zero-order valence-corrected chi connectivity index (χ0v) is 16.9. The Labute approximate surface area is 176 Å². The molecule has 0 radical (unpaired) electrons. The van der Waals surface area contributed by atoms with Crippen LogP contribution in [0.1, 0.15) is 24.0 Å². The van der Waals surface area contributed by atoms with Gasteiger partial charge in [-0.25, -0.2) is 9.97 Å². The van der Waals surface area contributed by atoms with Crippen LogP contribution in [0.25, 0.3) is 0 Å². The van der Waals surface area contributed by atoms with Gasteiger partial charge in [0.15, 0.2) is 0 Å². The number of anilines is 1. The topological polar surface area (TPSA) is 67.3 Å². The molecule has 2 heterocycles. The Bertz CT molecular complexity index is 932. The van der Waals surface area contributed by atoms with Crippen LogP contribution in [-0.2, 0) is 17.9 Å². The van der Waals surface area contributed by atoms with Crippen LogP contribution < -0.4 is 15.0 Å². The second kappa shape index (κ2) is 9.87. The number of benzene rings is 2. The fourth-order valence-electron chi connectivity index (χ4n) is 3.61. The third kappa shape index (κ3) is 5.35. The fraction of sp³-hybridized carbons (Fsp3) is 0.292. The standard InChI is InChI=1S/C24H26N4O2/c29-23(21-8-4-15-28(17-21)24-25-13-5-14-26-24)27-16-19-9-11-22(12-10-19)30-18-20-6-2-1-3-7-20/h1-3,5-7,9-14,21H,4,8,15-18H2,(H,27,29). The number of nitrogens with zero attached hydrogens (tertiary/aromatic N) is 3. The number of amides is 1. The number of nitrogens with one attached hydrogen (secondary N) is 1. The molecule has 1 aliphatic heterocycles. The molecule has 2 aromatic carbocycles. The molecule has 3 aromatic rings. The predicted octanol–water partition coefficient (Wildman–Crippen LogP) is 3.59. The van der Waals surface area contributed by atoms with E-state index in [2.05, 4.69) is 20.2 Å². The summed E-state index contributed by atoms with van der Waals surface area (Å²) >= 11 is 0. The highest BCUT2D eigenvalue weighted by atomic mass is 16.5. The molecule has 1 atom stereocenters. The maximum absolute atomic E-state index is 12.7. The number of carbonyl (C=O) groups excluding carboxylic acids is 1. The summed E-state index contributed by atoms with van der Waals surface area (Å²) in [5, 5.41) is 3.07. The van der Waals surface area contributed by atoms with Crippen molar-refractivity contribution in [2.24, 2.45) is 5.92 Å². The van der Waals surface area contributed by atoms with Gasteiger partial charge in [-0.15, -0.1) is 0 Å². The molecule has 0 saturated carbocycles. The number of piperidine rings is 1. The van der Waals surface area contributed by atoms with Crippen molar-refractivity contribution >= 4 is 11.9 Å². The molecule has 0 aliphatic carbocycles. The molecule has 1 amide bonds. The molecule has 6 heteroatoms. The van der Waals surface area contributed by atoms with E-state index in [1.54, 1.807) is 18.5 Å². The van der Waals surface area contributed by atoms with Crippen molar-refractivity contribution in [3.63, 3.8) is 0 Å². The number of hydrogen-bond acceptors (Lipinski definition) is 5. The van der Waals surface area contributed by atoms with Gasteiger partial charge in [0, 0.05) is 32.0 Å². The van der Waals surface area contributed by atoms with Crippen molar-refractivity contribution < 1.29 is 9.53 Å². The lowest BCUT2D eigenvalue weighted by Crippen LogP contribution is -2.43. The minimum atomic E-state index is -0.0453. The zero-order valence-electron chi connectivity index (χ0n) is 16.9. The molecule has 154 valence electrons. The normalized spacial score (nSPS) is 16.1. The summed E-state index contributed by atoms with van der Waals surface area (Å²) in [5.74, 6) is 1.55. The van der Waals surface area contributed by atoms with Crippen LogP contribution in [0.15, 0.2) is 73.1 Å².